The molecule has 0 radical (unpaired) electrons. The van der Waals surface area contributed by atoms with Crippen LogP contribution in [0, 0.1) is 0 Å². The van der Waals surface area contributed by atoms with Gasteiger partial charge in [-0.3, -0.25) is 0 Å². The Morgan fingerprint density at radius 1 is 1.17 bits per heavy atom. The largest absolute Gasteiger partial charge is 0.384 e. The van der Waals surface area contributed by atoms with Crippen molar-refractivity contribution in [2.75, 3.05) is 5.73 Å². The van der Waals surface area contributed by atoms with E-state index >= 15 is 0 Å². The molecule has 0 aromatic carbocycles. The molecule has 3 rings (SSSR count). The number of hydrogen-bond acceptors (Lipinski definition) is 4. The number of pyridine rings is 1. The zero-order valence-electron chi connectivity index (χ0n) is 9.40. The molecule has 1 saturated carbocycles. The molecule has 0 saturated heterocycles. The Morgan fingerprint density at radius 2 is 1.94 bits per heavy atom. The highest BCUT2D eigenvalue weighted by Gasteiger charge is 2.26. The first-order chi connectivity index (χ1) is 8.63. The van der Waals surface area contributed by atoms with Crippen molar-refractivity contribution in [2.24, 2.45) is 0 Å². The molecule has 0 aliphatic heterocycles. The number of halogens is 2. The quantitative estimate of drug-likeness (QED) is 0.917. The molecule has 0 atom stereocenters. The third-order valence-electron chi connectivity index (χ3n) is 2.78. The van der Waals surface area contributed by atoms with E-state index in [1.54, 1.807) is 6.07 Å². The van der Waals surface area contributed by atoms with Crippen molar-refractivity contribution in [1.29, 1.82) is 0 Å². The molecule has 92 valence electrons. The highest BCUT2D eigenvalue weighted by Crippen LogP contribution is 2.40. The van der Waals surface area contributed by atoms with E-state index in [0.717, 1.165) is 18.5 Å². The SMILES string of the molecule is Nc1cc(C2CC2)nc(-c2ncc(Cl)cc2Cl)n1. The molecule has 6 heteroatoms. The second-order valence-corrected chi connectivity index (χ2v) is 5.14. The van der Waals surface area contributed by atoms with Gasteiger partial charge in [-0.1, -0.05) is 23.2 Å². The van der Waals surface area contributed by atoms with Crippen molar-refractivity contribution in [1.82, 2.24) is 15.0 Å². The summed E-state index contributed by atoms with van der Waals surface area (Å²) in [4.78, 5) is 12.8. The first kappa shape index (κ1) is 11.7. The van der Waals surface area contributed by atoms with Crippen LogP contribution in [0.15, 0.2) is 18.3 Å². The number of nitrogens with zero attached hydrogens (tertiary/aromatic N) is 3. The summed E-state index contributed by atoms with van der Waals surface area (Å²) in [7, 11) is 0. The molecule has 2 heterocycles. The first-order valence-corrected chi connectivity index (χ1v) is 6.35. The molecule has 18 heavy (non-hydrogen) atoms. The maximum atomic E-state index is 6.10. The molecule has 2 aromatic heterocycles. The number of nitrogen functional groups attached to an aromatic ring is 1. The Kier molecular flexibility index (Phi) is 2.84. The van der Waals surface area contributed by atoms with Crippen LogP contribution in [0.1, 0.15) is 24.5 Å². The molecule has 0 bridgehead atoms. The lowest BCUT2D eigenvalue weighted by Crippen LogP contribution is -2.01. The van der Waals surface area contributed by atoms with E-state index in [1.165, 1.54) is 6.20 Å². The molecular weight excluding hydrogens is 271 g/mol. The minimum absolute atomic E-state index is 0.426. The molecule has 4 nitrogen and oxygen atoms in total. The van der Waals surface area contributed by atoms with Gasteiger partial charge in [-0.25, -0.2) is 15.0 Å². The van der Waals surface area contributed by atoms with Crippen LogP contribution in [0.5, 0.6) is 0 Å². The number of rotatable bonds is 2. The second kappa shape index (κ2) is 4.37. The van der Waals surface area contributed by atoms with Gasteiger partial charge in [0.25, 0.3) is 0 Å². The average Bonchev–Trinajstić information content (AvgIpc) is 3.11. The molecule has 0 unspecified atom stereocenters. The van der Waals surface area contributed by atoms with Gasteiger partial charge in [-0.2, -0.15) is 0 Å². The number of anilines is 1. The lowest BCUT2D eigenvalue weighted by molar-refractivity contribution is 0.992. The summed E-state index contributed by atoms with van der Waals surface area (Å²) in [6.45, 7) is 0. The summed E-state index contributed by atoms with van der Waals surface area (Å²) in [5.74, 6) is 1.40. The van der Waals surface area contributed by atoms with Gasteiger partial charge in [0.15, 0.2) is 5.82 Å². The fourth-order valence-electron chi connectivity index (χ4n) is 1.76. The highest BCUT2D eigenvalue weighted by molar-refractivity contribution is 6.35. The van der Waals surface area contributed by atoms with E-state index in [9.17, 15) is 0 Å². The molecule has 1 aliphatic carbocycles. The summed E-state index contributed by atoms with van der Waals surface area (Å²) in [5, 5.41) is 0.907. The molecule has 1 aliphatic rings. The zero-order valence-corrected chi connectivity index (χ0v) is 10.9. The Labute approximate surface area is 114 Å². The molecule has 2 aromatic rings. The fraction of sp³-hybridized carbons (Fsp3) is 0.250. The molecule has 0 amide bonds. The number of nitrogens with two attached hydrogens (primary N) is 1. The summed E-state index contributed by atoms with van der Waals surface area (Å²) >= 11 is 11.9. The lowest BCUT2D eigenvalue weighted by Gasteiger charge is -2.06. The fourth-order valence-corrected chi connectivity index (χ4v) is 2.22. The standard InChI is InChI=1S/C12H10Cl2N4/c13-7-3-8(14)11(16-5-7)12-17-9(6-1-2-6)4-10(15)18-12/h3-6H,1-2H2,(H2,15,17,18). The van der Waals surface area contributed by atoms with Crippen LogP contribution in [-0.4, -0.2) is 15.0 Å². The summed E-state index contributed by atoms with van der Waals surface area (Å²) in [6.07, 6.45) is 3.82. The van der Waals surface area contributed by atoms with E-state index in [1.807, 2.05) is 6.07 Å². The van der Waals surface area contributed by atoms with Crippen molar-refractivity contribution in [3.05, 3.63) is 34.1 Å². The van der Waals surface area contributed by atoms with Crippen molar-refractivity contribution < 1.29 is 0 Å². The molecular formula is C12H10Cl2N4. The summed E-state index contributed by atoms with van der Waals surface area (Å²) < 4.78 is 0. The third kappa shape index (κ3) is 2.26. The van der Waals surface area contributed by atoms with Gasteiger partial charge in [-0.15, -0.1) is 0 Å². The normalized spacial score (nSPS) is 14.8. The van der Waals surface area contributed by atoms with Crippen molar-refractivity contribution in [3.8, 4) is 11.5 Å². The topological polar surface area (TPSA) is 64.7 Å². The van der Waals surface area contributed by atoms with Crippen molar-refractivity contribution in [3.63, 3.8) is 0 Å². The summed E-state index contributed by atoms with van der Waals surface area (Å²) in [5.41, 5.74) is 7.27. The van der Waals surface area contributed by atoms with Gasteiger partial charge in [0, 0.05) is 23.9 Å². The zero-order chi connectivity index (χ0) is 12.7. The average molecular weight is 281 g/mol. The first-order valence-electron chi connectivity index (χ1n) is 5.59. The maximum absolute atomic E-state index is 6.10. The van der Waals surface area contributed by atoms with Crippen LogP contribution in [0.2, 0.25) is 10.0 Å². The van der Waals surface area contributed by atoms with Crippen LogP contribution in [-0.2, 0) is 0 Å². The van der Waals surface area contributed by atoms with Crippen molar-refractivity contribution >= 4 is 29.0 Å². The van der Waals surface area contributed by atoms with Gasteiger partial charge in [0.05, 0.1) is 10.0 Å². The van der Waals surface area contributed by atoms with Gasteiger partial charge in [-0.05, 0) is 18.9 Å². The predicted octanol–water partition coefficient (Wildman–Crippen LogP) is 3.31. The third-order valence-corrected chi connectivity index (χ3v) is 3.28. The minimum Gasteiger partial charge on any atom is -0.384 e. The Balaban J connectivity index is 2.10. The van der Waals surface area contributed by atoms with E-state index in [2.05, 4.69) is 15.0 Å². The van der Waals surface area contributed by atoms with Crippen LogP contribution < -0.4 is 5.73 Å². The minimum atomic E-state index is 0.426. The molecule has 1 fully saturated rings. The second-order valence-electron chi connectivity index (χ2n) is 4.30. The predicted molar refractivity (Wildman–Crippen MR) is 71.7 cm³/mol. The van der Waals surface area contributed by atoms with Gasteiger partial charge in [0.1, 0.15) is 11.5 Å². The highest BCUT2D eigenvalue weighted by atomic mass is 35.5. The maximum Gasteiger partial charge on any atom is 0.181 e. The monoisotopic (exact) mass is 280 g/mol. The van der Waals surface area contributed by atoms with Crippen LogP contribution >= 0.6 is 23.2 Å². The molecule has 2 N–H and O–H groups in total. The van der Waals surface area contributed by atoms with Gasteiger partial charge < -0.3 is 5.73 Å². The lowest BCUT2D eigenvalue weighted by atomic mass is 10.2. The summed E-state index contributed by atoms with van der Waals surface area (Å²) in [6, 6.07) is 3.43. The smallest absolute Gasteiger partial charge is 0.181 e. The van der Waals surface area contributed by atoms with E-state index in [-0.39, 0.29) is 0 Å². The van der Waals surface area contributed by atoms with Crippen LogP contribution in [0.3, 0.4) is 0 Å². The Morgan fingerprint density at radius 3 is 2.61 bits per heavy atom. The van der Waals surface area contributed by atoms with E-state index in [0.29, 0.717) is 33.3 Å². The number of aromatic nitrogens is 3. The van der Waals surface area contributed by atoms with Crippen LogP contribution in [0.4, 0.5) is 5.82 Å². The Bertz CT molecular complexity index is 611. The van der Waals surface area contributed by atoms with E-state index < -0.39 is 0 Å². The number of hydrogen-bond donors (Lipinski definition) is 1. The van der Waals surface area contributed by atoms with Crippen LogP contribution in [0.25, 0.3) is 11.5 Å². The van der Waals surface area contributed by atoms with Gasteiger partial charge >= 0.3 is 0 Å². The van der Waals surface area contributed by atoms with E-state index in [4.69, 9.17) is 28.9 Å². The van der Waals surface area contributed by atoms with Crippen molar-refractivity contribution in [2.45, 2.75) is 18.8 Å². The Hall–Kier alpha value is -1.39. The molecule has 0 spiro atoms. The van der Waals surface area contributed by atoms with Gasteiger partial charge in [0.2, 0.25) is 0 Å².